The Hall–Kier alpha value is -0.570. The molecule has 84 valence electrons. The van der Waals surface area contributed by atoms with Crippen molar-refractivity contribution in [2.45, 2.75) is 53.1 Å². The first-order chi connectivity index (χ1) is 6.31. The Morgan fingerprint density at radius 2 is 1.71 bits per heavy atom. The molecule has 0 radical (unpaired) electrons. The molecule has 14 heavy (non-hydrogen) atoms. The summed E-state index contributed by atoms with van der Waals surface area (Å²) in [5.74, 6) is 0.112. The van der Waals surface area contributed by atoms with Crippen molar-refractivity contribution in [3.63, 3.8) is 0 Å². The number of nitrogens with one attached hydrogen (secondary N) is 1. The maximum Gasteiger partial charge on any atom is 0.237 e. The summed E-state index contributed by atoms with van der Waals surface area (Å²) >= 11 is 0. The van der Waals surface area contributed by atoms with Crippen molar-refractivity contribution < 1.29 is 4.79 Å². The summed E-state index contributed by atoms with van der Waals surface area (Å²) < 4.78 is 0. The zero-order valence-electron chi connectivity index (χ0n) is 10.3. The predicted molar refractivity (Wildman–Crippen MR) is 60.3 cm³/mol. The van der Waals surface area contributed by atoms with Gasteiger partial charge in [-0.25, -0.2) is 0 Å². The summed E-state index contributed by atoms with van der Waals surface area (Å²) in [6, 6.07) is -0.0378. The van der Waals surface area contributed by atoms with Crippen molar-refractivity contribution in [2.24, 2.45) is 0 Å². The third kappa shape index (κ3) is 4.61. The number of nitrogens with zero attached hydrogens (tertiary/aromatic N) is 1. The van der Waals surface area contributed by atoms with Gasteiger partial charge in [-0.05, 0) is 40.8 Å². The van der Waals surface area contributed by atoms with E-state index in [-0.39, 0.29) is 17.5 Å². The monoisotopic (exact) mass is 200 g/mol. The molecule has 3 nitrogen and oxygen atoms in total. The molecule has 1 unspecified atom stereocenters. The molecule has 1 N–H and O–H groups in total. The van der Waals surface area contributed by atoms with Crippen LogP contribution < -0.4 is 5.32 Å². The van der Waals surface area contributed by atoms with Gasteiger partial charge in [0, 0.05) is 5.54 Å². The maximum absolute atomic E-state index is 11.8. The minimum absolute atomic E-state index is 0.0378. The van der Waals surface area contributed by atoms with Crippen molar-refractivity contribution >= 4 is 5.91 Å². The van der Waals surface area contributed by atoms with E-state index in [9.17, 15) is 4.79 Å². The first-order valence-electron chi connectivity index (χ1n) is 5.38. The van der Waals surface area contributed by atoms with E-state index in [1.807, 2.05) is 27.7 Å². The molecule has 0 aromatic heterocycles. The van der Waals surface area contributed by atoms with Gasteiger partial charge in [-0.2, -0.15) is 0 Å². The molecule has 1 amide bonds. The number of amides is 1. The van der Waals surface area contributed by atoms with Crippen LogP contribution in [-0.4, -0.2) is 35.5 Å². The zero-order chi connectivity index (χ0) is 11.4. The average molecular weight is 200 g/mol. The van der Waals surface area contributed by atoms with Gasteiger partial charge in [0.05, 0.1) is 6.04 Å². The molecule has 0 aliphatic heterocycles. The molecule has 0 heterocycles. The highest BCUT2D eigenvalue weighted by molar-refractivity contribution is 5.81. The van der Waals surface area contributed by atoms with Gasteiger partial charge in [0.15, 0.2) is 0 Å². The molecule has 0 spiro atoms. The third-order valence-electron chi connectivity index (χ3n) is 2.24. The van der Waals surface area contributed by atoms with Gasteiger partial charge in [0.2, 0.25) is 5.91 Å². The second-order valence-corrected chi connectivity index (χ2v) is 4.64. The molecule has 3 heteroatoms. The Morgan fingerprint density at radius 3 is 2.00 bits per heavy atom. The van der Waals surface area contributed by atoms with Crippen molar-refractivity contribution in [1.82, 2.24) is 10.2 Å². The largest absolute Gasteiger partial charge is 0.350 e. The number of carbonyl (C=O) groups is 1. The smallest absolute Gasteiger partial charge is 0.237 e. The number of rotatable bonds is 4. The maximum atomic E-state index is 11.8. The van der Waals surface area contributed by atoms with Crippen LogP contribution in [0.15, 0.2) is 0 Å². The fourth-order valence-electron chi connectivity index (χ4n) is 1.41. The highest BCUT2D eigenvalue weighted by Crippen LogP contribution is 2.03. The summed E-state index contributed by atoms with van der Waals surface area (Å²) in [6.45, 7) is 13.9. The Balaban J connectivity index is 4.24. The quantitative estimate of drug-likeness (QED) is 0.748. The lowest BCUT2D eigenvalue weighted by molar-refractivity contribution is -0.127. The summed E-state index contributed by atoms with van der Waals surface area (Å²) in [5.41, 5.74) is -0.140. The summed E-state index contributed by atoms with van der Waals surface area (Å²) in [6.07, 6.45) is 0. The molecule has 0 bridgehead atoms. The summed E-state index contributed by atoms with van der Waals surface area (Å²) in [7, 11) is 0. The average Bonchev–Trinajstić information content (AvgIpc) is 2.03. The molecule has 0 saturated heterocycles. The number of likely N-dealkylation sites (N-methyl/N-ethyl adjacent to an activating group) is 1. The Bertz CT molecular complexity index is 180. The van der Waals surface area contributed by atoms with Crippen LogP contribution in [0.4, 0.5) is 0 Å². The van der Waals surface area contributed by atoms with Gasteiger partial charge >= 0.3 is 0 Å². The van der Waals surface area contributed by atoms with E-state index in [0.29, 0.717) is 0 Å². The van der Waals surface area contributed by atoms with E-state index >= 15 is 0 Å². The Labute approximate surface area is 87.9 Å². The highest BCUT2D eigenvalue weighted by atomic mass is 16.2. The van der Waals surface area contributed by atoms with Crippen LogP contribution in [-0.2, 0) is 4.79 Å². The molecular weight excluding hydrogens is 176 g/mol. The lowest BCUT2D eigenvalue weighted by atomic mass is 10.1. The van der Waals surface area contributed by atoms with E-state index in [1.165, 1.54) is 0 Å². The van der Waals surface area contributed by atoms with Crippen molar-refractivity contribution in [2.75, 3.05) is 13.1 Å². The van der Waals surface area contributed by atoms with Crippen LogP contribution in [0.3, 0.4) is 0 Å². The molecule has 1 atom stereocenters. The van der Waals surface area contributed by atoms with Gasteiger partial charge in [-0.3, -0.25) is 9.69 Å². The van der Waals surface area contributed by atoms with Crippen molar-refractivity contribution in [3.05, 3.63) is 0 Å². The molecule has 0 aromatic carbocycles. The first-order valence-corrected chi connectivity index (χ1v) is 5.38. The molecule has 0 fully saturated rings. The van der Waals surface area contributed by atoms with Gasteiger partial charge < -0.3 is 5.32 Å². The van der Waals surface area contributed by atoms with E-state index in [4.69, 9.17) is 0 Å². The minimum Gasteiger partial charge on any atom is -0.350 e. The molecule has 0 rings (SSSR count). The van der Waals surface area contributed by atoms with Crippen molar-refractivity contribution in [1.29, 1.82) is 0 Å². The third-order valence-corrected chi connectivity index (χ3v) is 2.24. The van der Waals surface area contributed by atoms with Crippen LogP contribution in [0.25, 0.3) is 0 Å². The molecule has 0 saturated carbocycles. The number of hydrogen-bond acceptors (Lipinski definition) is 2. The summed E-state index contributed by atoms with van der Waals surface area (Å²) in [4.78, 5) is 13.9. The normalized spacial score (nSPS) is 14.2. The van der Waals surface area contributed by atoms with Gasteiger partial charge in [-0.15, -0.1) is 0 Å². The van der Waals surface area contributed by atoms with Crippen LogP contribution in [0, 0.1) is 0 Å². The lowest BCUT2D eigenvalue weighted by Crippen LogP contribution is -2.50. The van der Waals surface area contributed by atoms with Crippen molar-refractivity contribution in [3.8, 4) is 0 Å². The van der Waals surface area contributed by atoms with E-state index in [1.54, 1.807) is 0 Å². The predicted octanol–water partition coefficient (Wildman–Crippen LogP) is 1.63. The van der Waals surface area contributed by atoms with Gasteiger partial charge in [0.1, 0.15) is 0 Å². The summed E-state index contributed by atoms with van der Waals surface area (Å²) in [5, 5.41) is 2.99. The van der Waals surface area contributed by atoms with Gasteiger partial charge in [0.25, 0.3) is 0 Å². The lowest BCUT2D eigenvalue weighted by Gasteiger charge is -2.29. The fourth-order valence-corrected chi connectivity index (χ4v) is 1.41. The first kappa shape index (κ1) is 13.4. The van der Waals surface area contributed by atoms with Crippen LogP contribution in [0.2, 0.25) is 0 Å². The zero-order valence-corrected chi connectivity index (χ0v) is 10.3. The molecule has 0 aliphatic carbocycles. The van der Waals surface area contributed by atoms with E-state index in [2.05, 4.69) is 24.1 Å². The second-order valence-electron chi connectivity index (χ2n) is 4.64. The standard InChI is InChI=1S/C11H24N2O/c1-7-13(8-2)9(3)10(14)12-11(4,5)6/h9H,7-8H2,1-6H3,(H,12,14). The van der Waals surface area contributed by atoms with Crippen LogP contribution in [0.5, 0.6) is 0 Å². The molecule has 0 aliphatic rings. The van der Waals surface area contributed by atoms with Crippen LogP contribution in [0.1, 0.15) is 41.5 Å². The van der Waals surface area contributed by atoms with Crippen LogP contribution >= 0.6 is 0 Å². The number of carbonyl (C=O) groups excluding carboxylic acids is 1. The molecule has 0 aromatic rings. The topological polar surface area (TPSA) is 32.3 Å². The van der Waals surface area contributed by atoms with E-state index in [0.717, 1.165) is 13.1 Å². The minimum atomic E-state index is -0.140. The number of hydrogen-bond donors (Lipinski definition) is 1. The molecular formula is C11H24N2O. The Morgan fingerprint density at radius 1 is 1.29 bits per heavy atom. The fraction of sp³-hybridized carbons (Fsp3) is 0.909. The highest BCUT2D eigenvalue weighted by Gasteiger charge is 2.22. The second kappa shape index (κ2) is 5.35. The van der Waals surface area contributed by atoms with E-state index < -0.39 is 0 Å². The SMILES string of the molecule is CCN(CC)C(C)C(=O)NC(C)(C)C. The Kier molecular flexibility index (Phi) is 5.13. The van der Waals surface area contributed by atoms with Gasteiger partial charge in [-0.1, -0.05) is 13.8 Å².